The molecule has 0 aliphatic carbocycles. The van der Waals surface area contributed by atoms with E-state index in [-0.39, 0.29) is 11.6 Å². The fraction of sp³-hybridized carbons (Fsp3) is 0.211. The lowest BCUT2D eigenvalue weighted by molar-refractivity contribution is 0.0949. The second-order valence-corrected chi connectivity index (χ2v) is 5.79. The molecule has 0 radical (unpaired) electrons. The Bertz CT molecular complexity index is 905. The lowest BCUT2D eigenvalue weighted by Crippen LogP contribution is -2.26. The van der Waals surface area contributed by atoms with Crippen LogP contribution in [0.3, 0.4) is 0 Å². The van der Waals surface area contributed by atoms with E-state index in [0.717, 1.165) is 22.9 Å². The summed E-state index contributed by atoms with van der Waals surface area (Å²) in [4.78, 5) is 12.2. The van der Waals surface area contributed by atoms with Gasteiger partial charge in [0.05, 0.1) is 5.69 Å². The summed E-state index contributed by atoms with van der Waals surface area (Å²) in [5, 5.41) is 11.9. The summed E-state index contributed by atoms with van der Waals surface area (Å²) in [7, 11) is 0. The number of carbonyl (C=O) groups excluding carboxylic acids is 1. The van der Waals surface area contributed by atoms with Gasteiger partial charge in [-0.15, -0.1) is 10.2 Å². The van der Waals surface area contributed by atoms with Gasteiger partial charge in [-0.25, -0.2) is 0 Å². The largest absolute Gasteiger partial charge is 0.396 e. The summed E-state index contributed by atoms with van der Waals surface area (Å²) in [6.45, 7) is 4.62. The van der Waals surface area contributed by atoms with Gasteiger partial charge in [-0.2, -0.15) is 0 Å². The van der Waals surface area contributed by atoms with Crippen molar-refractivity contribution < 1.29 is 4.79 Å². The zero-order valence-electron chi connectivity index (χ0n) is 13.8. The molecule has 3 N–H and O–H groups in total. The van der Waals surface area contributed by atoms with Crippen LogP contribution in [0, 0.1) is 6.92 Å². The number of fused-ring (bicyclic) bond motifs is 1. The third-order valence-electron chi connectivity index (χ3n) is 3.91. The molecular formula is C19H20N4O. The molecule has 1 amide bonds. The first-order valence-electron chi connectivity index (χ1n) is 8.02. The topological polar surface area (TPSA) is 80.9 Å². The first-order chi connectivity index (χ1) is 11.6. The Morgan fingerprint density at radius 1 is 1.17 bits per heavy atom. The van der Waals surface area contributed by atoms with Gasteiger partial charge in [-0.1, -0.05) is 55.0 Å². The molecule has 0 spiro atoms. The number of aryl methyl sites for hydroxylation is 1. The Labute approximate surface area is 140 Å². The molecule has 0 saturated heterocycles. The van der Waals surface area contributed by atoms with Crippen molar-refractivity contribution in [1.82, 2.24) is 15.5 Å². The molecule has 0 fully saturated rings. The molecule has 0 aliphatic heterocycles. The van der Waals surface area contributed by atoms with E-state index in [1.807, 2.05) is 50.2 Å². The maximum absolute atomic E-state index is 12.2. The predicted octanol–water partition coefficient (Wildman–Crippen LogP) is 3.33. The fourth-order valence-electron chi connectivity index (χ4n) is 2.69. The third kappa shape index (κ3) is 2.93. The Kier molecular flexibility index (Phi) is 4.42. The minimum absolute atomic E-state index is 0.178. The number of carbonyl (C=O) groups is 1. The standard InChI is InChI=1S/C19H20N4O/c1-3-10-21-19(24)18-16(20)15-9-5-8-14(17(15)22-23-18)13-7-4-6-12(2)11-13/h4-9,11H,3,10H2,1-2H3,(H2,20,22)(H,21,24). The van der Waals surface area contributed by atoms with Crippen LogP contribution in [0.5, 0.6) is 0 Å². The lowest BCUT2D eigenvalue weighted by Gasteiger charge is -2.11. The number of amides is 1. The average molecular weight is 320 g/mol. The van der Waals surface area contributed by atoms with Gasteiger partial charge in [0.25, 0.3) is 5.91 Å². The Morgan fingerprint density at radius 2 is 1.96 bits per heavy atom. The fourth-order valence-corrected chi connectivity index (χ4v) is 2.69. The number of rotatable bonds is 4. The minimum atomic E-state index is -0.287. The first-order valence-corrected chi connectivity index (χ1v) is 8.02. The summed E-state index contributed by atoms with van der Waals surface area (Å²) in [6.07, 6.45) is 0.851. The van der Waals surface area contributed by atoms with E-state index in [4.69, 9.17) is 5.73 Å². The van der Waals surface area contributed by atoms with Crippen LogP contribution < -0.4 is 11.1 Å². The van der Waals surface area contributed by atoms with Gasteiger partial charge in [0.2, 0.25) is 0 Å². The highest BCUT2D eigenvalue weighted by atomic mass is 16.1. The van der Waals surface area contributed by atoms with Gasteiger partial charge in [0.1, 0.15) is 5.52 Å². The molecule has 3 aromatic rings. The van der Waals surface area contributed by atoms with E-state index >= 15 is 0 Å². The number of nitrogens with one attached hydrogen (secondary N) is 1. The normalized spacial score (nSPS) is 10.8. The number of anilines is 1. The Balaban J connectivity index is 2.12. The predicted molar refractivity (Wildman–Crippen MR) is 96.7 cm³/mol. The van der Waals surface area contributed by atoms with Crippen molar-refractivity contribution in [1.29, 1.82) is 0 Å². The van der Waals surface area contributed by atoms with Crippen molar-refractivity contribution >= 4 is 22.5 Å². The molecule has 0 saturated carbocycles. The second kappa shape index (κ2) is 6.66. The molecule has 122 valence electrons. The first kappa shape index (κ1) is 15.9. The zero-order chi connectivity index (χ0) is 17.1. The van der Waals surface area contributed by atoms with Gasteiger partial charge in [0.15, 0.2) is 5.69 Å². The molecular weight excluding hydrogens is 300 g/mol. The van der Waals surface area contributed by atoms with Gasteiger partial charge < -0.3 is 11.1 Å². The van der Waals surface area contributed by atoms with Crippen LogP contribution in [0.2, 0.25) is 0 Å². The number of aromatic nitrogens is 2. The molecule has 0 bridgehead atoms. The summed E-state index contributed by atoms with van der Waals surface area (Å²) in [5.74, 6) is -0.287. The quantitative estimate of drug-likeness (QED) is 0.772. The average Bonchev–Trinajstić information content (AvgIpc) is 2.59. The SMILES string of the molecule is CCCNC(=O)c1nnc2c(-c3cccc(C)c3)cccc2c1N. The number of nitrogens with two attached hydrogens (primary N) is 1. The molecule has 2 aromatic carbocycles. The van der Waals surface area contributed by atoms with Crippen molar-refractivity contribution in [2.45, 2.75) is 20.3 Å². The molecule has 1 aromatic heterocycles. The molecule has 0 unspecified atom stereocenters. The van der Waals surface area contributed by atoms with Crippen molar-refractivity contribution in [3.05, 3.63) is 53.7 Å². The van der Waals surface area contributed by atoms with Crippen LogP contribution in [-0.2, 0) is 0 Å². The van der Waals surface area contributed by atoms with Crippen LogP contribution in [0.15, 0.2) is 42.5 Å². The molecule has 24 heavy (non-hydrogen) atoms. The highest BCUT2D eigenvalue weighted by Gasteiger charge is 2.16. The maximum atomic E-state index is 12.2. The van der Waals surface area contributed by atoms with Gasteiger partial charge in [0, 0.05) is 17.5 Å². The van der Waals surface area contributed by atoms with Gasteiger partial charge in [-0.3, -0.25) is 4.79 Å². The second-order valence-electron chi connectivity index (χ2n) is 5.79. The van der Waals surface area contributed by atoms with Gasteiger partial charge >= 0.3 is 0 Å². The minimum Gasteiger partial charge on any atom is -0.396 e. The summed E-state index contributed by atoms with van der Waals surface area (Å²) in [6, 6.07) is 14.0. The highest BCUT2D eigenvalue weighted by molar-refractivity contribution is 6.07. The summed E-state index contributed by atoms with van der Waals surface area (Å²) >= 11 is 0. The van der Waals surface area contributed by atoms with Crippen molar-refractivity contribution in [3.8, 4) is 11.1 Å². The van der Waals surface area contributed by atoms with Crippen LogP contribution >= 0.6 is 0 Å². The maximum Gasteiger partial charge on any atom is 0.273 e. The van der Waals surface area contributed by atoms with E-state index in [2.05, 4.69) is 21.6 Å². The molecule has 0 atom stereocenters. The highest BCUT2D eigenvalue weighted by Crippen LogP contribution is 2.30. The third-order valence-corrected chi connectivity index (χ3v) is 3.91. The number of nitrogens with zero attached hydrogens (tertiary/aromatic N) is 2. The summed E-state index contributed by atoms with van der Waals surface area (Å²) < 4.78 is 0. The van der Waals surface area contributed by atoms with Crippen molar-refractivity contribution in [2.24, 2.45) is 0 Å². The van der Waals surface area contributed by atoms with E-state index in [1.165, 1.54) is 5.56 Å². The molecule has 3 rings (SSSR count). The van der Waals surface area contributed by atoms with E-state index in [9.17, 15) is 4.79 Å². The van der Waals surface area contributed by atoms with Crippen LogP contribution in [0.25, 0.3) is 22.0 Å². The molecule has 5 heteroatoms. The number of hydrogen-bond donors (Lipinski definition) is 2. The smallest absolute Gasteiger partial charge is 0.273 e. The van der Waals surface area contributed by atoms with Crippen LogP contribution in [0.1, 0.15) is 29.4 Å². The summed E-state index contributed by atoms with van der Waals surface area (Å²) in [5.41, 5.74) is 10.6. The van der Waals surface area contributed by atoms with E-state index < -0.39 is 0 Å². The number of hydrogen-bond acceptors (Lipinski definition) is 4. The molecule has 0 aliphatic rings. The lowest BCUT2D eigenvalue weighted by atomic mass is 10.00. The monoisotopic (exact) mass is 320 g/mol. The Morgan fingerprint density at radius 3 is 2.71 bits per heavy atom. The van der Waals surface area contributed by atoms with Crippen molar-refractivity contribution in [3.63, 3.8) is 0 Å². The molecule has 5 nitrogen and oxygen atoms in total. The Hall–Kier alpha value is -2.95. The number of benzene rings is 2. The zero-order valence-corrected chi connectivity index (χ0v) is 13.8. The van der Waals surface area contributed by atoms with Crippen LogP contribution in [0.4, 0.5) is 5.69 Å². The van der Waals surface area contributed by atoms with Crippen molar-refractivity contribution in [2.75, 3.05) is 12.3 Å². The van der Waals surface area contributed by atoms with Gasteiger partial charge in [-0.05, 0) is 18.9 Å². The van der Waals surface area contributed by atoms with Crippen LogP contribution in [-0.4, -0.2) is 22.6 Å². The molecule has 1 heterocycles. The van der Waals surface area contributed by atoms with E-state index in [1.54, 1.807) is 0 Å². The number of nitrogen functional groups attached to an aromatic ring is 1. The van der Waals surface area contributed by atoms with E-state index in [0.29, 0.717) is 17.7 Å².